The van der Waals surface area contributed by atoms with E-state index in [2.05, 4.69) is 5.32 Å². The Kier molecular flexibility index (Phi) is 3.87. The highest BCUT2D eigenvalue weighted by Gasteiger charge is 2.42. The van der Waals surface area contributed by atoms with Gasteiger partial charge in [-0.05, 0) is 24.1 Å². The number of rotatable bonds is 3. The van der Waals surface area contributed by atoms with E-state index in [1.165, 1.54) is 0 Å². The second-order valence-electron chi connectivity index (χ2n) is 4.25. The maximum Gasteiger partial charge on any atom is 0.407 e. The molecule has 1 saturated heterocycles. The van der Waals surface area contributed by atoms with Crippen LogP contribution in [0.3, 0.4) is 0 Å². The third kappa shape index (κ3) is 3.20. The first-order valence-electron chi connectivity index (χ1n) is 5.63. The minimum atomic E-state index is -4.42. The summed E-state index contributed by atoms with van der Waals surface area (Å²) in [6.45, 7) is 0.736. The van der Waals surface area contributed by atoms with E-state index in [1.807, 2.05) is 0 Å². The van der Waals surface area contributed by atoms with Crippen LogP contribution in [-0.2, 0) is 4.74 Å². The third-order valence-corrected chi connectivity index (χ3v) is 2.86. The zero-order valence-corrected chi connectivity index (χ0v) is 9.51. The summed E-state index contributed by atoms with van der Waals surface area (Å²) in [5, 5.41) is 2.52. The Labute approximate surface area is 102 Å². The molecule has 0 spiro atoms. The van der Waals surface area contributed by atoms with Crippen molar-refractivity contribution in [1.82, 2.24) is 5.32 Å². The average Bonchev–Trinajstić information content (AvgIpc) is 2.79. The van der Waals surface area contributed by atoms with Gasteiger partial charge in [-0.2, -0.15) is 13.2 Å². The van der Waals surface area contributed by atoms with Crippen LogP contribution >= 0.6 is 0 Å². The molecule has 6 heteroatoms. The summed E-state index contributed by atoms with van der Waals surface area (Å²) in [6.07, 6.45) is -3.87. The van der Waals surface area contributed by atoms with E-state index < -0.39 is 18.0 Å². The van der Waals surface area contributed by atoms with Crippen molar-refractivity contribution < 1.29 is 22.3 Å². The zero-order valence-electron chi connectivity index (χ0n) is 9.51. The molecule has 1 aliphatic rings. The van der Waals surface area contributed by atoms with Crippen LogP contribution in [0, 0.1) is 5.82 Å². The number of hydrogen-bond donors (Lipinski definition) is 1. The fourth-order valence-corrected chi connectivity index (χ4v) is 1.94. The van der Waals surface area contributed by atoms with Crippen LogP contribution in [0.4, 0.5) is 17.6 Å². The van der Waals surface area contributed by atoms with Gasteiger partial charge in [0.1, 0.15) is 11.9 Å². The molecule has 0 aromatic heterocycles. The van der Waals surface area contributed by atoms with Gasteiger partial charge in [0.25, 0.3) is 0 Å². The van der Waals surface area contributed by atoms with Crippen molar-refractivity contribution in [2.75, 3.05) is 13.2 Å². The van der Waals surface area contributed by atoms with E-state index in [0.717, 1.165) is 24.3 Å². The van der Waals surface area contributed by atoms with Crippen molar-refractivity contribution in [2.24, 2.45) is 0 Å². The molecule has 1 aromatic carbocycles. The van der Waals surface area contributed by atoms with E-state index in [9.17, 15) is 17.6 Å². The number of alkyl halides is 3. The van der Waals surface area contributed by atoms with Crippen LogP contribution in [0.15, 0.2) is 24.3 Å². The van der Waals surface area contributed by atoms with E-state index in [-0.39, 0.29) is 18.2 Å². The first-order chi connectivity index (χ1) is 8.47. The molecule has 1 fully saturated rings. The number of ether oxygens (including phenoxy) is 1. The minimum absolute atomic E-state index is 0.0100. The molecule has 100 valence electrons. The van der Waals surface area contributed by atoms with Crippen LogP contribution in [0.5, 0.6) is 0 Å². The topological polar surface area (TPSA) is 21.3 Å². The van der Waals surface area contributed by atoms with Crippen molar-refractivity contribution in [3.05, 3.63) is 35.6 Å². The molecule has 1 aromatic rings. The fourth-order valence-electron chi connectivity index (χ4n) is 1.94. The van der Waals surface area contributed by atoms with E-state index in [0.29, 0.717) is 13.0 Å². The molecule has 0 unspecified atom stereocenters. The average molecular weight is 263 g/mol. The van der Waals surface area contributed by atoms with Gasteiger partial charge in [-0.3, -0.25) is 5.32 Å². The predicted molar refractivity (Wildman–Crippen MR) is 57.6 cm³/mol. The summed E-state index contributed by atoms with van der Waals surface area (Å²) in [6, 6.07) is 2.25. The number of nitrogens with one attached hydrogen (secondary N) is 1. The Morgan fingerprint density at radius 2 is 1.89 bits per heavy atom. The lowest BCUT2D eigenvalue weighted by Gasteiger charge is -2.25. The van der Waals surface area contributed by atoms with Crippen molar-refractivity contribution in [2.45, 2.75) is 24.7 Å². The Balaban J connectivity index is 2.16. The summed E-state index contributed by atoms with van der Waals surface area (Å²) < 4.78 is 56.7. The van der Waals surface area contributed by atoms with Crippen LogP contribution in [-0.4, -0.2) is 25.4 Å². The van der Waals surface area contributed by atoms with E-state index >= 15 is 0 Å². The predicted octanol–water partition coefficient (Wildman–Crippen LogP) is 2.81. The van der Waals surface area contributed by atoms with Crippen molar-refractivity contribution in [1.29, 1.82) is 0 Å². The molecule has 2 atom stereocenters. The molecule has 18 heavy (non-hydrogen) atoms. The van der Waals surface area contributed by atoms with Gasteiger partial charge >= 0.3 is 6.18 Å². The largest absolute Gasteiger partial charge is 0.407 e. The Bertz CT molecular complexity index is 384. The molecular weight excluding hydrogens is 250 g/mol. The van der Waals surface area contributed by atoms with Gasteiger partial charge in [0.15, 0.2) is 0 Å². The maximum absolute atomic E-state index is 13.0. The van der Waals surface area contributed by atoms with Gasteiger partial charge in [0.05, 0.1) is 6.61 Å². The van der Waals surface area contributed by atoms with Crippen LogP contribution in [0.2, 0.25) is 0 Å². The van der Waals surface area contributed by atoms with Gasteiger partial charge < -0.3 is 4.74 Å². The van der Waals surface area contributed by atoms with E-state index in [1.54, 1.807) is 0 Å². The number of halogens is 4. The Morgan fingerprint density at radius 1 is 1.22 bits per heavy atom. The molecule has 0 amide bonds. The Hall–Kier alpha value is -1.14. The molecule has 0 aliphatic carbocycles. The summed E-state index contributed by atoms with van der Waals surface area (Å²) in [7, 11) is 0. The SMILES string of the molecule is Fc1ccc([C@H](N[C@H]2CCOC2)C(F)(F)F)cc1. The second kappa shape index (κ2) is 5.24. The zero-order chi connectivity index (χ0) is 13.2. The fraction of sp³-hybridized carbons (Fsp3) is 0.500. The lowest BCUT2D eigenvalue weighted by molar-refractivity contribution is -0.159. The molecule has 1 heterocycles. The van der Waals surface area contributed by atoms with Gasteiger partial charge in [0.2, 0.25) is 0 Å². The monoisotopic (exact) mass is 263 g/mol. The lowest BCUT2D eigenvalue weighted by Crippen LogP contribution is -2.41. The van der Waals surface area contributed by atoms with Crippen LogP contribution in [0.25, 0.3) is 0 Å². The first kappa shape index (κ1) is 13.3. The standard InChI is InChI=1S/C12H13F4NO/c13-9-3-1-8(2-4-9)11(12(14,15)16)17-10-5-6-18-7-10/h1-4,10-11,17H,5-7H2/t10-,11-/m0/s1. The molecule has 2 nitrogen and oxygen atoms in total. The van der Waals surface area contributed by atoms with E-state index in [4.69, 9.17) is 4.74 Å². The molecule has 0 saturated carbocycles. The lowest BCUT2D eigenvalue weighted by atomic mass is 10.0. The highest BCUT2D eigenvalue weighted by atomic mass is 19.4. The number of benzene rings is 1. The third-order valence-electron chi connectivity index (χ3n) is 2.86. The first-order valence-corrected chi connectivity index (χ1v) is 5.63. The van der Waals surface area contributed by atoms with Gasteiger partial charge in [0, 0.05) is 12.6 Å². The molecule has 1 N–H and O–H groups in total. The van der Waals surface area contributed by atoms with Crippen molar-refractivity contribution >= 4 is 0 Å². The minimum Gasteiger partial charge on any atom is -0.380 e. The molecular formula is C12H13F4NO. The van der Waals surface area contributed by atoms with Gasteiger partial charge in [-0.1, -0.05) is 12.1 Å². The number of hydrogen-bond acceptors (Lipinski definition) is 2. The van der Waals surface area contributed by atoms with Crippen molar-refractivity contribution in [3.63, 3.8) is 0 Å². The summed E-state index contributed by atoms with van der Waals surface area (Å²) in [4.78, 5) is 0. The molecule has 1 aliphatic heterocycles. The van der Waals surface area contributed by atoms with Crippen LogP contribution < -0.4 is 5.32 Å². The second-order valence-corrected chi connectivity index (χ2v) is 4.25. The smallest absolute Gasteiger partial charge is 0.380 e. The molecule has 2 rings (SSSR count). The quantitative estimate of drug-likeness (QED) is 0.847. The highest BCUT2D eigenvalue weighted by Crippen LogP contribution is 2.33. The van der Waals surface area contributed by atoms with Gasteiger partial charge in [-0.25, -0.2) is 4.39 Å². The molecule has 0 radical (unpaired) electrons. The van der Waals surface area contributed by atoms with Gasteiger partial charge in [-0.15, -0.1) is 0 Å². The normalized spacial score (nSPS) is 22.1. The van der Waals surface area contributed by atoms with Crippen LogP contribution in [0.1, 0.15) is 18.0 Å². The maximum atomic E-state index is 13.0. The summed E-state index contributed by atoms with van der Waals surface area (Å²) >= 11 is 0. The Morgan fingerprint density at radius 3 is 2.39 bits per heavy atom. The summed E-state index contributed by atoms with van der Waals surface area (Å²) in [5.41, 5.74) is 0.0100. The van der Waals surface area contributed by atoms with Crippen molar-refractivity contribution in [3.8, 4) is 0 Å². The summed E-state index contributed by atoms with van der Waals surface area (Å²) in [5.74, 6) is -0.552. The molecule has 0 bridgehead atoms. The highest BCUT2D eigenvalue weighted by molar-refractivity contribution is 5.21.